The van der Waals surface area contributed by atoms with E-state index in [1.807, 2.05) is 0 Å². The van der Waals surface area contributed by atoms with Crippen LogP contribution >= 0.6 is 0 Å². The Morgan fingerprint density at radius 1 is 1.42 bits per heavy atom. The maximum Gasteiger partial charge on any atom is 0.254 e. The number of ether oxygens (including phenoxy) is 1. The van der Waals surface area contributed by atoms with Gasteiger partial charge in [0.15, 0.2) is 0 Å². The molecule has 0 aromatic carbocycles. The van der Waals surface area contributed by atoms with Gasteiger partial charge in [-0.25, -0.2) is 0 Å². The Hall–Kier alpha value is -1.73. The molecule has 1 heterocycles. The van der Waals surface area contributed by atoms with Gasteiger partial charge in [0.25, 0.3) is 11.8 Å². The maximum atomic E-state index is 11.9. The molecule has 1 aliphatic heterocycles. The molecule has 3 amide bonds. The average molecular weight is 270 g/mol. The summed E-state index contributed by atoms with van der Waals surface area (Å²) < 4.78 is 5.04. The third-order valence-corrected chi connectivity index (χ3v) is 2.79. The van der Waals surface area contributed by atoms with E-state index in [0.29, 0.717) is 0 Å². The maximum absolute atomic E-state index is 11.9. The highest BCUT2D eigenvalue weighted by Gasteiger charge is 2.36. The van der Waals surface area contributed by atoms with Crippen LogP contribution in [0.2, 0.25) is 0 Å². The molecule has 0 radical (unpaired) electrons. The lowest BCUT2D eigenvalue weighted by Gasteiger charge is -2.30. The Morgan fingerprint density at radius 3 is 2.37 bits per heavy atom. The minimum Gasteiger partial charge on any atom is -0.349 e. The molecule has 0 aliphatic carbocycles. The summed E-state index contributed by atoms with van der Waals surface area (Å²) in [6, 6.07) is -1.02. The molecule has 0 fully saturated rings. The number of imide groups is 1. The first kappa shape index (κ1) is 15.3. The smallest absolute Gasteiger partial charge is 0.254 e. The van der Waals surface area contributed by atoms with Gasteiger partial charge >= 0.3 is 0 Å². The Labute approximate surface area is 111 Å². The molecule has 7 nitrogen and oxygen atoms in total. The van der Waals surface area contributed by atoms with Crippen LogP contribution in [-0.2, 0) is 19.1 Å². The second-order valence-corrected chi connectivity index (χ2v) is 4.12. The summed E-state index contributed by atoms with van der Waals surface area (Å²) in [6.07, 6.45) is 2.33. The van der Waals surface area contributed by atoms with Crippen LogP contribution in [0.15, 0.2) is 12.2 Å². The monoisotopic (exact) mass is 270 g/mol. The molecule has 0 aromatic heterocycles. The molecule has 0 bridgehead atoms. The third kappa shape index (κ3) is 3.39. The van der Waals surface area contributed by atoms with E-state index < -0.39 is 29.7 Å². The summed E-state index contributed by atoms with van der Waals surface area (Å²) in [7, 11) is 0. The number of aliphatic hydroxyl groups is 1. The van der Waals surface area contributed by atoms with Crippen molar-refractivity contribution in [3.05, 3.63) is 12.2 Å². The normalized spacial score (nSPS) is 19.5. The second-order valence-electron chi connectivity index (χ2n) is 4.12. The predicted molar refractivity (Wildman–Crippen MR) is 65.5 cm³/mol. The van der Waals surface area contributed by atoms with Crippen molar-refractivity contribution in [1.82, 2.24) is 10.2 Å². The van der Waals surface area contributed by atoms with Crippen LogP contribution in [0.25, 0.3) is 0 Å². The first-order chi connectivity index (χ1) is 8.84. The lowest BCUT2D eigenvalue weighted by atomic mass is 10.2. The van der Waals surface area contributed by atoms with Gasteiger partial charge in [-0.3, -0.25) is 19.3 Å². The fourth-order valence-electron chi connectivity index (χ4n) is 1.67. The highest BCUT2D eigenvalue weighted by molar-refractivity contribution is 6.15. The van der Waals surface area contributed by atoms with Gasteiger partial charge in [-0.2, -0.15) is 0 Å². The lowest BCUT2D eigenvalue weighted by molar-refractivity contribution is -0.224. The zero-order chi connectivity index (χ0) is 14.6. The molecule has 7 heteroatoms. The molecule has 1 aliphatic rings. The number of carbonyl (C=O) groups is 3. The molecule has 0 saturated heterocycles. The predicted octanol–water partition coefficient (Wildman–Crippen LogP) is -0.491. The second kappa shape index (κ2) is 5.94. The van der Waals surface area contributed by atoms with Gasteiger partial charge in [-0.1, -0.05) is 6.92 Å². The highest BCUT2D eigenvalue weighted by atomic mass is 16.6. The van der Waals surface area contributed by atoms with E-state index in [2.05, 4.69) is 5.32 Å². The molecule has 1 rings (SSSR count). The minimum absolute atomic E-state index is 0.138. The van der Waals surface area contributed by atoms with Crippen molar-refractivity contribution in [3.8, 4) is 0 Å². The van der Waals surface area contributed by atoms with Crippen molar-refractivity contribution in [2.75, 3.05) is 6.61 Å². The summed E-state index contributed by atoms with van der Waals surface area (Å²) in [6.45, 7) is 4.92. The molecule has 0 aromatic rings. The van der Waals surface area contributed by atoms with Crippen LogP contribution in [0, 0.1) is 0 Å². The van der Waals surface area contributed by atoms with Crippen LogP contribution < -0.4 is 5.32 Å². The molecule has 106 valence electrons. The summed E-state index contributed by atoms with van der Waals surface area (Å²) in [4.78, 5) is 35.6. The van der Waals surface area contributed by atoms with Crippen molar-refractivity contribution in [1.29, 1.82) is 0 Å². The molecule has 0 spiro atoms. The van der Waals surface area contributed by atoms with E-state index in [1.165, 1.54) is 6.92 Å². The van der Waals surface area contributed by atoms with Crippen molar-refractivity contribution in [2.45, 2.75) is 39.1 Å². The topological polar surface area (TPSA) is 95.9 Å². The van der Waals surface area contributed by atoms with Crippen LogP contribution in [0.4, 0.5) is 0 Å². The Balaban J connectivity index is 2.72. The van der Waals surface area contributed by atoms with E-state index in [-0.39, 0.29) is 13.0 Å². The quantitative estimate of drug-likeness (QED) is 0.501. The number of amides is 3. The van der Waals surface area contributed by atoms with E-state index >= 15 is 0 Å². The van der Waals surface area contributed by atoms with E-state index in [1.54, 1.807) is 13.8 Å². The average Bonchev–Trinajstić information content (AvgIpc) is 2.68. The molecule has 0 saturated carbocycles. The molecule has 19 heavy (non-hydrogen) atoms. The summed E-state index contributed by atoms with van der Waals surface area (Å²) in [5.41, 5.74) is 0. The van der Waals surface area contributed by atoms with Crippen LogP contribution in [0.5, 0.6) is 0 Å². The van der Waals surface area contributed by atoms with Crippen LogP contribution in [0.1, 0.15) is 27.2 Å². The first-order valence-electron chi connectivity index (χ1n) is 6.08. The van der Waals surface area contributed by atoms with Gasteiger partial charge in [0.2, 0.25) is 11.8 Å². The standard InChI is InChI=1S/C12H18N2O5/c1-4-12(18,19-5-2)13-11(17)8(3)14-9(15)6-7-10(14)16/h6-8,18H,4-5H2,1-3H3,(H,13,17). The van der Waals surface area contributed by atoms with Gasteiger partial charge in [-0.15, -0.1) is 0 Å². The molecular formula is C12H18N2O5. The SMILES string of the molecule is CCOC(O)(CC)NC(=O)C(C)N1C(=O)C=CC1=O. The van der Waals surface area contributed by atoms with Crippen LogP contribution in [-0.4, -0.2) is 46.3 Å². The summed E-state index contributed by atoms with van der Waals surface area (Å²) in [5.74, 6) is -3.56. The third-order valence-electron chi connectivity index (χ3n) is 2.79. The highest BCUT2D eigenvalue weighted by Crippen LogP contribution is 2.12. The Bertz CT molecular complexity index is 402. The molecule has 2 N–H and O–H groups in total. The van der Waals surface area contributed by atoms with Gasteiger partial charge in [0.05, 0.1) is 0 Å². The number of hydrogen-bond acceptors (Lipinski definition) is 5. The fraction of sp³-hybridized carbons (Fsp3) is 0.583. The zero-order valence-corrected chi connectivity index (χ0v) is 11.2. The first-order valence-corrected chi connectivity index (χ1v) is 6.08. The van der Waals surface area contributed by atoms with E-state index in [4.69, 9.17) is 4.74 Å². The van der Waals surface area contributed by atoms with E-state index in [0.717, 1.165) is 17.1 Å². The Kier molecular flexibility index (Phi) is 4.79. The van der Waals surface area contributed by atoms with Gasteiger partial charge in [0, 0.05) is 25.2 Å². The molecular weight excluding hydrogens is 252 g/mol. The molecule has 2 unspecified atom stereocenters. The number of hydrogen-bond donors (Lipinski definition) is 2. The van der Waals surface area contributed by atoms with Gasteiger partial charge in [0.1, 0.15) is 6.04 Å². The van der Waals surface area contributed by atoms with E-state index in [9.17, 15) is 19.5 Å². The number of nitrogens with one attached hydrogen (secondary N) is 1. The van der Waals surface area contributed by atoms with Crippen molar-refractivity contribution < 1.29 is 24.2 Å². The largest absolute Gasteiger partial charge is 0.349 e. The van der Waals surface area contributed by atoms with Gasteiger partial charge < -0.3 is 15.2 Å². The van der Waals surface area contributed by atoms with Crippen molar-refractivity contribution in [2.24, 2.45) is 0 Å². The summed E-state index contributed by atoms with van der Waals surface area (Å²) >= 11 is 0. The molecule has 2 atom stereocenters. The number of nitrogens with zero attached hydrogens (tertiary/aromatic N) is 1. The number of carbonyl (C=O) groups excluding carboxylic acids is 3. The summed E-state index contributed by atoms with van der Waals surface area (Å²) in [5, 5.41) is 12.2. The van der Waals surface area contributed by atoms with Crippen LogP contribution in [0.3, 0.4) is 0 Å². The van der Waals surface area contributed by atoms with Crippen molar-refractivity contribution in [3.63, 3.8) is 0 Å². The minimum atomic E-state index is -1.79. The van der Waals surface area contributed by atoms with Crippen molar-refractivity contribution >= 4 is 17.7 Å². The Morgan fingerprint density at radius 2 is 1.95 bits per heavy atom. The zero-order valence-electron chi connectivity index (χ0n) is 11.2. The lowest BCUT2D eigenvalue weighted by Crippen LogP contribution is -2.56. The number of rotatable bonds is 6. The van der Waals surface area contributed by atoms with Gasteiger partial charge in [-0.05, 0) is 13.8 Å². The fourth-order valence-corrected chi connectivity index (χ4v) is 1.67.